The Morgan fingerprint density at radius 3 is 2.67 bits per heavy atom. The summed E-state index contributed by atoms with van der Waals surface area (Å²) in [6.07, 6.45) is 0. The molecular formula is C11H12ClN3. The number of halogens is 1. The highest BCUT2D eigenvalue weighted by Gasteiger charge is 2.11. The third kappa shape index (κ3) is 2.41. The maximum Gasteiger partial charge on any atom is 0.0992 e. The van der Waals surface area contributed by atoms with Crippen molar-refractivity contribution in [1.29, 1.82) is 5.26 Å². The van der Waals surface area contributed by atoms with Gasteiger partial charge in [-0.25, -0.2) is 0 Å². The molecule has 78 valence electrons. The lowest BCUT2D eigenvalue weighted by Crippen LogP contribution is -2.43. The Morgan fingerprint density at radius 2 is 2.00 bits per heavy atom. The van der Waals surface area contributed by atoms with E-state index >= 15 is 0 Å². The largest absolute Gasteiger partial charge is 0.369 e. The van der Waals surface area contributed by atoms with E-state index in [1.165, 1.54) is 0 Å². The van der Waals surface area contributed by atoms with Crippen LogP contribution in [0.15, 0.2) is 18.2 Å². The minimum atomic E-state index is 0.621. The van der Waals surface area contributed by atoms with E-state index in [4.69, 9.17) is 16.9 Å². The number of nitriles is 1. The van der Waals surface area contributed by atoms with Gasteiger partial charge < -0.3 is 10.2 Å². The van der Waals surface area contributed by atoms with Gasteiger partial charge in [-0.3, -0.25) is 0 Å². The van der Waals surface area contributed by atoms with Gasteiger partial charge in [0.15, 0.2) is 0 Å². The van der Waals surface area contributed by atoms with Gasteiger partial charge in [0.1, 0.15) is 0 Å². The van der Waals surface area contributed by atoms with Gasteiger partial charge in [0.05, 0.1) is 11.6 Å². The first-order chi connectivity index (χ1) is 7.29. The summed E-state index contributed by atoms with van der Waals surface area (Å²) in [5.41, 5.74) is 1.66. The van der Waals surface area contributed by atoms with Crippen LogP contribution in [0.4, 0.5) is 5.69 Å². The van der Waals surface area contributed by atoms with Crippen LogP contribution in [0.1, 0.15) is 5.56 Å². The first-order valence-corrected chi connectivity index (χ1v) is 5.34. The van der Waals surface area contributed by atoms with Gasteiger partial charge in [-0.15, -0.1) is 0 Å². The van der Waals surface area contributed by atoms with Gasteiger partial charge in [-0.1, -0.05) is 11.6 Å². The van der Waals surface area contributed by atoms with Crippen molar-refractivity contribution in [1.82, 2.24) is 5.32 Å². The van der Waals surface area contributed by atoms with Gasteiger partial charge >= 0.3 is 0 Å². The van der Waals surface area contributed by atoms with Gasteiger partial charge in [0.25, 0.3) is 0 Å². The fraction of sp³-hybridized carbons (Fsp3) is 0.364. The Bertz CT molecular complexity index is 391. The predicted molar refractivity (Wildman–Crippen MR) is 61.2 cm³/mol. The molecule has 4 heteroatoms. The Hall–Kier alpha value is -1.24. The van der Waals surface area contributed by atoms with Crippen LogP contribution >= 0.6 is 11.6 Å². The van der Waals surface area contributed by atoms with E-state index < -0.39 is 0 Å². The Morgan fingerprint density at radius 1 is 1.27 bits per heavy atom. The van der Waals surface area contributed by atoms with E-state index in [2.05, 4.69) is 16.3 Å². The third-order valence-corrected chi connectivity index (χ3v) is 2.71. The monoisotopic (exact) mass is 221 g/mol. The molecule has 0 amide bonds. The lowest BCUT2D eigenvalue weighted by molar-refractivity contribution is 0.589. The van der Waals surface area contributed by atoms with E-state index in [9.17, 15) is 0 Å². The lowest BCUT2D eigenvalue weighted by atomic mass is 10.2. The number of nitrogens with zero attached hydrogens (tertiary/aromatic N) is 2. The van der Waals surface area contributed by atoms with Crippen molar-refractivity contribution in [2.24, 2.45) is 0 Å². The van der Waals surface area contributed by atoms with Crippen LogP contribution in [0.25, 0.3) is 0 Å². The van der Waals surface area contributed by atoms with Crippen LogP contribution < -0.4 is 10.2 Å². The van der Waals surface area contributed by atoms with Crippen molar-refractivity contribution in [2.75, 3.05) is 31.1 Å². The number of nitrogens with one attached hydrogen (secondary N) is 1. The summed E-state index contributed by atoms with van der Waals surface area (Å²) in [5, 5.41) is 12.8. The fourth-order valence-electron chi connectivity index (χ4n) is 1.74. The standard InChI is InChI=1S/C11H12ClN3/c12-10-5-9(8-13)6-11(7-10)15-3-1-14-2-4-15/h5-7,14H,1-4H2. The molecule has 0 saturated carbocycles. The van der Waals surface area contributed by atoms with E-state index in [-0.39, 0.29) is 0 Å². The van der Waals surface area contributed by atoms with Crippen molar-refractivity contribution < 1.29 is 0 Å². The maximum absolute atomic E-state index is 8.85. The van der Waals surface area contributed by atoms with E-state index in [0.717, 1.165) is 31.9 Å². The van der Waals surface area contributed by atoms with Crippen molar-refractivity contribution in [3.63, 3.8) is 0 Å². The fourth-order valence-corrected chi connectivity index (χ4v) is 1.97. The summed E-state index contributed by atoms with van der Waals surface area (Å²) < 4.78 is 0. The number of anilines is 1. The highest BCUT2D eigenvalue weighted by Crippen LogP contribution is 2.22. The quantitative estimate of drug-likeness (QED) is 0.784. The number of benzene rings is 1. The van der Waals surface area contributed by atoms with Crippen LogP contribution in [0.3, 0.4) is 0 Å². The molecule has 0 bridgehead atoms. The molecule has 15 heavy (non-hydrogen) atoms. The van der Waals surface area contributed by atoms with E-state index in [1.807, 2.05) is 12.1 Å². The predicted octanol–water partition coefficient (Wildman–Crippen LogP) is 1.62. The number of piperazine rings is 1. The zero-order chi connectivity index (χ0) is 10.7. The molecule has 1 N–H and O–H groups in total. The molecular weight excluding hydrogens is 210 g/mol. The molecule has 1 heterocycles. The average Bonchev–Trinajstić information content (AvgIpc) is 2.29. The van der Waals surface area contributed by atoms with Gasteiger partial charge in [-0.2, -0.15) is 5.26 Å². The number of rotatable bonds is 1. The second-order valence-electron chi connectivity index (χ2n) is 3.55. The summed E-state index contributed by atoms with van der Waals surface area (Å²) in [5.74, 6) is 0. The summed E-state index contributed by atoms with van der Waals surface area (Å²) in [6.45, 7) is 3.89. The molecule has 0 spiro atoms. The molecule has 1 fully saturated rings. The molecule has 1 saturated heterocycles. The van der Waals surface area contributed by atoms with Crippen LogP contribution in [-0.2, 0) is 0 Å². The molecule has 1 aromatic carbocycles. The summed E-state index contributed by atoms with van der Waals surface area (Å²) in [4.78, 5) is 2.24. The number of hydrogen-bond donors (Lipinski definition) is 1. The first-order valence-electron chi connectivity index (χ1n) is 4.96. The third-order valence-electron chi connectivity index (χ3n) is 2.49. The molecule has 0 unspecified atom stereocenters. The minimum absolute atomic E-state index is 0.621. The summed E-state index contributed by atoms with van der Waals surface area (Å²) in [6, 6.07) is 7.60. The lowest BCUT2D eigenvalue weighted by Gasteiger charge is -2.29. The minimum Gasteiger partial charge on any atom is -0.369 e. The molecule has 0 radical (unpaired) electrons. The first kappa shape index (κ1) is 10.3. The normalized spacial score (nSPS) is 16.1. The second-order valence-corrected chi connectivity index (χ2v) is 3.98. The summed E-state index contributed by atoms with van der Waals surface area (Å²) in [7, 11) is 0. The molecule has 1 aliphatic rings. The molecule has 0 aromatic heterocycles. The van der Waals surface area contributed by atoms with Gasteiger partial charge in [0, 0.05) is 36.9 Å². The van der Waals surface area contributed by atoms with Crippen LogP contribution in [0.5, 0.6) is 0 Å². The molecule has 2 rings (SSSR count). The topological polar surface area (TPSA) is 39.1 Å². The Labute approximate surface area is 94.3 Å². The highest BCUT2D eigenvalue weighted by atomic mass is 35.5. The number of hydrogen-bond acceptors (Lipinski definition) is 3. The molecule has 1 aromatic rings. The second kappa shape index (κ2) is 4.52. The molecule has 0 aliphatic carbocycles. The Kier molecular flexibility index (Phi) is 3.10. The van der Waals surface area contributed by atoms with Crippen LogP contribution in [0, 0.1) is 11.3 Å². The smallest absolute Gasteiger partial charge is 0.0992 e. The Balaban J connectivity index is 2.27. The highest BCUT2D eigenvalue weighted by molar-refractivity contribution is 6.31. The van der Waals surface area contributed by atoms with Crippen molar-refractivity contribution in [3.8, 4) is 6.07 Å². The van der Waals surface area contributed by atoms with Gasteiger partial charge in [0.2, 0.25) is 0 Å². The van der Waals surface area contributed by atoms with Crippen molar-refractivity contribution >= 4 is 17.3 Å². The molecule has 0 atom stereocenters. The molecule has 1 aliphatic heterocycles. The molecule has 3 nitrogen and oxygen atoms in total. The summed E-state index contributed by atoms with van der Waals surface area (Å²) >= 11 is 5.95. The van der Waals surface area contributed by atoms with E-state index in [1.54, 1.807) is 6.07 Å². The van der Waals surface area contributed by atoms with E-state index in [0.29, 0.717) is 10.6 Å². The van der Waals surface area contributed by atoms with Crippen molar-refractivity contribution in [2.45, 2.75) is 0 Å². The van der Waals surface area contributed by atoms with Gasteiger partial charge in [-0.05, 0) is 18.2 Å². The average molecular weight is 222 g/mol. The van der Waals surface area contributed by atoms with Crippen LogP contribution in [-0.4, -0.2) is 26.2 Å². The van der Waals surface area contributed by atoms with Crippen LogP contribution in [0.2, 0.25) is 5.02 Å². The maximum atomic E-state index is 8.85. The zero-order valence-electron chi connectivity index (χ0n) is 8.33. The zero-order valence-corrected chi connectivity index (χ0v) is 9.09. The van der Waals surface area contributed by atoms with Crippen molar-refractivity contribution in [3.05, 3.63) is 28.8 Å². The SMILES string of the molecule is N#Cc1cc(Cl)cc(N2CCNCC2)c1.